The first-order valence-electron chi connectivity index (χ1n) is 10.8. The van der Waals surface area contributed by atoms with Gasteiger partial charge in [0.2, 0.25) is 5.91 Å². The molecule has 1 aromatic heterocycles. The highest BCUT2D eigenvalue weighted by molar-refractivity contribution is 5.83. The zero-order chi connectivity index (χ0) is 21.1. The number of hydrogen-bond acceptors (Lipinski definition) is 4. The maximum absolute atomic E-state index is 13.8. The predicted octanol–water partition coefficient (Wildman–Crippen LogP) is 2.50. The maximum Gasteiger partial charge on any atom is 0.229 e. The molecule has 0 aliphatic carbocycles. The van der Waals surface area contributed by atoms with Gasteiger partial charge in [0, 0.05) is 25.5 Å². The topological polar surface area (TPSA) is 61.6 Å². The molecule has 6 nitrogen and oxygen atoms in total. The molecule has 0 saturated carbocycles. The standard InChI is InChI=1S/C23H31FN4O2/c1-26-12-7-23(8-13-26,16-18-3-2-4-19(24)15-18)22(30)27-10-5-20(21(29)6-11-27)28-14-9-25-17-28/h2-4,9,14-15,17,20-21,29H,5-8,10-13,16H2,1H3/t20-,21-/m0/s1. The van der Waals surface area contributed by atoms with E-state index in [4.69, 9.17) is 0 Å². The number of halogens is 1. The van der Waals surface area contributed by atoms with E-state index < -0.39 is 11.5 Å². The molecule has 30 heavy (non-hydrogen) atoms. The molecule has 0 bridgehead atoms. The Hall–Kier alpha value is -2.25. The molecule has 2 aromatic rings. The number of nitrogens with zero attached hydrogens (tertiary/aromatic N) is 4. The Morgan fingerprint density at radius 1 is 1.23 bits per heavy atom. The normalized spacial score (nSPS) is 25.1. The lowest BCUT2D eigenvalue weighted by Crippen LogP contribution is -2.51. The first-order chi connectivity index (χ1) is 14.5. The molecular weight excluding hydrogens is 383 g/mol. The summed E-state index contributed by atoms with van der Waals surface area (Å²) in [4.78, 5) is 22.1. The second-order valence-corrected chi connectivity index (χ2v) is 8.90. The Morgan fingerprint density at radius 3 is 2.70 bits per heavy atom. The van der Waals surface area contributed by atoms with Crippen molar-refractivity contribution in [1.82, 2.24) is 19.4 Å². The Kier molecular flexibility index (Phi) is 6.20. The average molecular weight is 415 g/mol. The van der Waals surface area contributed by atoms with Gasteiger partial charge in [-0.2, -0.15) is 0 Å². The highest BCUT2D eigenvalue weighted by Crippen LogP contribution is 2.38. The van der Waals surface area contributed by atoms with Crippen LogP contribution in [0.1, 0.15) is 37.3 Å². The molecule has 1 N–H and O–H groups in total. The van der Waals surface area contributed by atoms with Gasteiger partial charge < -0.3 is 19.5 Å². The van der Waals surface area contributed by atoms with E-state index in [1.807, 2.05) is 21.7 Å². The molecule has 2 aliphatic heterocycles. The van der Waals surface area contributed by atoms with Crippen LogP contribution in [0, 0.1) is 11.2 Å². The third kappa shape index (κ3) is 4.42. The van der Waals surface area contributed by atoms with E-state index >= 15 is 0 Å². The molecule has 7 heteroatoms. The Balaban J connectivity index is 1.54. The molecule has 0 spiro atoms. The number of likely N-dealkylation sites (tertiary alicyclic amines) is 2. The Bertz CT molecular complexity index is 849. The number of carbonyl (C=O) groups is 1. The largest absolute Gasteiger partial charge is 0.391 e. The number of piperidine rings is 1. The van der Waals surface area contributed by atoms with Gasteiger partial charge in [-0.3, -0.25) is 4.79 Å². The van der Waals surface area contributed by atoms with Crippen LogP contribution in [-0.2, 0) is 11.2 Å². The number of aromatic nitrogens is 2. The number of hydrogen-bond donors (Lipinski definition) is 1. The van der Waals surface area contributed by atoms with Gasteiger partial charge >= 0.3 is 0 Å². The van der Waals surface area contributed by atoms with E-state index in [9.17, 15) is 14.3 Å². The second-order valence-electron chi connectivity index (χ2n) is 8.90. The van der Waals surface area contributed by atoms with Gasteiger partial charge in [0.25, 0.3) is 0 Å². The number of rotatable bonds is 4. The number of aliphatic hydroxyl groups excluding tert-OH is 1. The Labute approximate surface area is 177 Å². The van der Waals surface area contributed by atoms with Crippen molar-refractivity contribution >= 4 is 5.91 Å². The van der Waals surface area contributed by atoms with Crippen LogP contribution in [0.15, 0.2) is 43.0 Å². The lowest BCUT2D eigenvalue weighted by atomic mass is 9.72. The van der Waals surface area contributed by atoms with Crippen molar-refractivity contribution in [2.24, 2.45) is 5.41 Å². The zero-order valence-electron chi connectivity index (χ0n) is 17.6. The molecule has 2 atom stereocenters. The van der Waals surface area contributed by atoms with Crippen LogP contribution >= 0.6 is 0 Å². The van der Waals surface area contributed by atoms with Crippen LogP contribution in [-0.4, -0.2) is 69.7 Å². The quantitative estimate of drug-likeness (QED) is 0.835. The van der Waals surface area contributed by atoms with E-state index in [-0.39, 0.29) is 17.8 Å². The fourth-order valence-electron chi connectivity index (χ4n) is 4.98. The van der Waals surface area contributed by atoms with Crippen molar-refractivity contribution in [1.29, 1.82) is 0 Å². The lowest BCUT2D eigenvalue weighted by Gasteiger charge is -2.42. The first kappa shape index (κ1) is 21.0. The van der Waals surface area contributed by atoms with E-state index in [2.05, 4.69) is 16.9 Å². The molecule has 0 unspecified atom stereocenters. The highest BCUT2D eigenvalue weighted by Gasteiger charge is 2.44. The van der Waals surface area contributed by atoms with Crippen molar-refractivity contribution < 1.29 is 14.3 Å². The molecule has 2 aliphatic rings. The molecule has 0 radical (unpaired) electrons. The van der Waals surface area contributed by atoms with Gasteiger partial charge in [0.15, 0.2) is 0 Å². The fourth-order valence-corrected chi connectivity index (χ4v) is 4.98. The van der Waals surface area contributed by atoms with Crippen molar-refractivity contribution in [3.8, 4) is 0 Å². The van der Waals surface area contributed by atoms with Crippen LogP contribution in [0.3, 0.4) is 0 Å². The predicted molar refractivity (Wildman–Crippen MR) is 112 cm³/mol. The third-order valence-corrected chi connectivity index (χ3v) is 6.86. The molecular formula is C23H31FN4O2. The molecule has 2 saturated heterocycles. The summed E-state index contributed by atoms with van der Waals surface area (Å²) in [6, 6.07) is 6.56. The summed E-state index contributed by atoms with van der Waals surface area (Å²) in [5.41, 5.74) is 0.360. The monoisotopic (exact) mass is 414 g/mol. The molecule has 1 aromatic carbocycles. The molecule has 3 heterocycles. The van der Waals surface area contributed by atoms with E-state index in [1.165, 1.54) is 6.07 Å². The van der Waals surface area contributed by atoms with Gasteiger partial charge in [0.05, 0.1) is 23.9 Å². The van der Waals surface area contributed by atoms with Gasteiger partial charge in [0.1, 0.15) is 5.82 Å². The minimum absolute atomic E-state index is 0.0676. The van der Waals surface area contributed by atoms with Crippen molar-refractivity contribution in [3.63, 3.8) is 0 Å². The molecule has 1 amide bonds. The maximum atomic E-state index is 13.8. The summed E-state index contributed by atoms with van der Waals surface area (Å²) in [6.07, 6.45) is 8.14. The van der Waals surface area contributed by atoms with Crippen LogP contribution < -0.4 is 0 Å². The van der Waals surface area contributed by atoms with E-state index in [1.54, 1.807) is 24.7 Å². The molecule has 162 valence electrons. The average Bonchev–Trinajstić information content (AvgIpc) is 3.19. The number of amides is 1. The van der Waals surface area contributed by atoms with Crippen LogP contribution in [0.25, 0.3) is 0 Å². The first-order valence-corrected chi connectivity index (χ1v) is 10.8. The van der Waals surface area contributed by atoms with Crippen LogP contribution in [0.4, 0.5) is 4.39 Å². The minimum Gasteiger partial charge on any atom is -0.391 e. The summed E-state index contributed by atoms with van der Waals surface area (Å²) in [6.45, 7) is 2.87. The van der Waals surface area contributed by atoms with Crippen molar-refractivity contribution in [2.75, 3.05) is 33.2 Å². The fraction of sp³-hybridized carbons (Fsp3) is 0.565. The summed E-state index contributed by atoms with van der Waals surface area (Å²) in [5, 5.41) is 10.7. The smallest absolute Gasteiger partial charge is 0.229 e. The van der Waals surface area contributed by atoms with E-state index in [0.29, 0.717) is 32.4 Å². The third-order valence-electron chi connectivity index (χ3n) is 6.86. The van der Waals surface area contributed by atoms with Crippen molar-refractivity contribution in [3.05, 3.63) is 54.4 Å². The van der Waals surface area contributed by atoms with Crippen molar-refractivity contribution in [2.45, 2.75) is 44.2 Å². The summed E-state index contributed by atoms with van der Waals surface area (Å²) in [7, 11) is 2.08. The summed E-state index contributed by atoms with van der Waals surface area (Å²) in [5.74, 6) is -0.109. The summed E-state index contributed by atoms with van der Waals surface area (Å²) < 4.78 is 15.7. The zero-order valence-corrected chi connectivity index (χ0v) is 17.6. The summed E-state index contributed by atoms with van der Waals surface area (Å²) >= 11 is 0. The highest BCUT2D eigenvalue weighted by atomic mass is 19.1. The van der Waals surface area contributed by atoms with Gasteiger partial charge in [-0.25, -0.2) is 9.37 Å². The Morgan fingerprint density at radius 2 is 2.00 bits per heavy atom. The number of imidazole rings is 1. The lowest BCUT2D eigenvalue weighted by molar-refractivity contribution is -0.145. The number of carbonyl (C=O) groups excluding carboxylic acids is 1. The van der Waals surface area contributed by atoms with Gasteiger partial charge in [-0.05, 0) is 69.9 Å². The van der Waals surface area contributed by atoms with E-state index in [0.717, 1.165) is 31.5 Å². The number of benzene rings is 1. The van der Waals surface area contributed by atoms with Gasteiger partial charge in [-0.15, -0.1) is 0 Å². The number of aliphatic hydroxyl groups is 1. The van der Waals surface area contributed by atoms with Crippen LogP contribution in [0.2, 0.25) is 0 Å². The van der Waals surface area contributed by atoms with Crippen LogP contribution in [0.5, 0.6) is 0 Å². The van der Waals surface area contributed by atoms with Gasteiger partial charge in [-0.1, -0.05) is 12.1 Å². The SMILES string of the molecule is CN1CCC(Cc2cccc(F)c2)(C(=O)N2CC[C@H](O)[C@@H](n3ccnc3)CC2)CC1. The molecule has 2 fully saturated rings. The second kappa shape index (κ2) is 8.86. The minimum atomic E-state index is -0.514. The molecule has 4 rings (SSSR count).